The number of amides is 1. The quantitative estimate of drug-likeness (QED) is 0.455. The van der Waals surface area contributed by atoms with Gasteiger partial charge in [0.05, 0.1) is 30.3 Å². The number of benzene rings is 2. The molecule has 3 rings (SSSR count). The summed E-state index contributed by atoms with van der Waals surface area (Å²) in [4.78, 5) is 12.4. The molecule has 152 valence electrons. The van der Waals surface area contributed by atoms with Gasteiger partial charge in [0.2, 0.25) is 0 Å². The summed E-state index contributed by atoms with van der Waals surface area (Å²) in [6, 6.07) is 13.1. The Morgan fingerprint density at radius 3 is 2.59 bits per heavy atom. The molecule has 0 unspecified atom stereocenters. The minimum absolute atomic E-state index is 0.136. The molecule has 2 aromatic carbocycles. The van der Waals surface area contributed by atoms with Gasteiger partial charge < -0.3 is 19.5 Å². The molecule has 1 heterocycles. The molecule has 1 amide bonds. The Morgan fingerprint density at radius 2 is 1.93 bits per heavy atom. The summed E-state index contributed by atoms with van der Waals surface area (Å²) in [7, 11) is 1.55. The molecule has 5 nitrogen and oxygen atoms in total. The molecular weight excluding hydrogens is 430 g/mol. The van der Waals surface area contributed by atoms with E-state index in [-0.39, 0.29) is 11.8 Å². The SMILES string of the molecule is COc1cc(/C=C2/SC(=S)NC2=O)cc(Cl)c1OC[C@@H](C)COc1ccccc1. The number of ether oxygens (including phenoxy) is 3. The topological polar surface area (TPSA) is 56.8 Å². The van der Waals surface area contributed by atoms with Crippen molar-refractivity contribution in [3.05, 3.63) is 58.0 Å². The van der Waals surface area contributed by atoms with Crippen molar-refractivity contribution in [2.45, 2.75) is 6.92 Å². The first-order valence-electron chi connectivity index (χ1n) is 8.89. The highest BCUT2D eigenvalue weighted by molar-refractivity contribution is 8.26. The van der Waals surface area contributed by atoms with Crippen molar-refractivity contribution in [1.82, 2.24) is 5.32 Å². The van der Waals surface area contributed by atoms with Gasteiger partial charge >= 0.3 is 0 Å². The summed E-state index contributed by atoms with van der Waals surface area (Å²) in [5.74, 6) is 1.69. The zero-order chi connectivity index (χ0) is 20.8. The highest BCUT2D eigenvalue weighted by atomic mass is 35.5. The predicted molar refractivity (Wildman–Crippen MR) is 121 cm³/mol. The molecule has 29 heavy (non-hydrogen) atoms. The van der Waals surface area contributed by atoms with Crippen molar-refractivity contribution in [2.75, 3.05) is 20.3 Å². The van der Waals surface area contributed by atoms with Crippen molar-refractivity contribution in [2.24, 2.45) is 5.92 Å². The number of carbonyl (C=O) groups is 1. The van der Waals surface area contributed by atoms with E-state index < -0.39 is 0 Å². The smallest absolute Gasteiger partial charge is 0.263 e. The van der Waals surface area contributed by atoms with Gasteiger partial charge in [-0.05, 0) is 35.9 Å². The number of carbonyl (C=O) groups excluding carboxylic acids is 1. The third-order valence-corrected chi connectivity index (χ3v) is 5.42. The van der Waals surface area contributed by atoms with E-state index in [4.69, 9.17) is 38.0 Å². The van der Waals surface area contributed by atoms with E-state index in [9.17, 15) is 4.79 Å². The lowest BCUT2D eigenvalue weighted by Crippen LogP contribution is -2.17. The van der Waals surface area contributed by atoms with Gasteiger partial charge in [0.15, 0.2) is 11.5 Å². The first kappa shape index (κ1) is 21.5. The molecule has 0 saturated carbocycles. The number of thioether (sulfide) groups is 1. The Hall–Kier alpha value is -2.22. The highest BCUT2D eigenvalue weighted by Crippen LogP contribution is 2.38. The normalized spacial score (nSPS) is 15.9. The average Bonchev–Trinajstić information content (AvgIpc) is 3.02. The number of halogens is 1. The molecule has 1 aliphatic heterocycles. The molecule has 0 spiro atoms. The van der Waals surface area contributed by atoms with Crippen LogP contribution in [0.15, 0.2) is 47.4 Å². The van der Waals surface area contributed by atoms with Crippen molar-refractivity contribution >= 4 is 51.9 Å². The molecule has 0 radical (unpaired) electrons. The van der Waals surface area contributed by atoms with E-state index in [1.54, 1.807) is 25.3 Å². The van der Waals surface area contributed by atoms with Crippen molar-refractivity contribution in [1.29, 1.82) is 0 Å². The third-order valence-electron chi connectivity index (χ3n) is 3.98. The highest BCUT2D eigenvalue weighted by Gasteiger charge is 2.22. The second-order valence-electron chi connectivity index (χ2n) is 6.43. The number of methoxy groups -OCH3 is 1. The molecule has 8 heteroatoms. The van der Waals surface area contributed by atoms with Crippen LogP contribution in [0.4, 0.5) is 0 Å². The van der Waals surface area contributed by atoms with Crippen molar-refractivity contribution < 1.29 is 19.0 Å². The summed E-state index contributed by atoms with van der Waals surface area (Å²) >= 11 is 12.6. The molecule has 2 aromatic rings. The Bertz CT molecular complexity index is 934. The number of nitrogens with one attached hydrogen (secondary N) is 1. The van der Waals surface area contributed by atoms with Crippen LogP contribution in [0.3, 0.4) is 0 Å². The maximum atomic E-state index is 11.8. The van der Waals surface area contributed by atoms with Crippen LogP contribution in [0.5, 0.6) is 17.2 Å². The Balaban J connectivity index is 1.65. The maximum absolute atomic E-state index is 11.8. The third kappa shape index (κ3) is 5.88. The van der Waals surface area contributed by atoms with Crippen LogP contribution >= 0.6 is 35.6 Å². The van der Waals surface area contributed by atoms with Crippen LogP contribution in [-0.4, -0.2) is 30.6 Å². The fourth-order valence-electron chi connectivity index (χ4n) is 2.56. The Labute approximate surface area is 184 Å². The van der Waals surface area contributed by atoms with Crippen molar-refractivity contribution in [3.8, 4) is 17.2 Å². The van der Waals surface area contributed by atoms with Crippen LogP contribution in [0, 0.1) is 5.92 Å². The van der Waals surface area contributed by atoms with Crippen molar-refractivity contribution in [3.63, 3.8) is 0 Å². The fraction of sp³-hybridized carbons (Fsp3) is 0.238. The van der Waals surface area contributed by atoms with Gasteiger partial charge in [0.25, 0.3) is 5.91 Å². The molecule has 1 fully saturated rings. The standard InChI is InChI=1S/C21H20ClNO4S2/c1-13(11-26-15-6-4-3-5-7-15)12-27-19-16(22)8-14(9-17(19)25-2)10-18-20(24)23-21(28)29-18/h3-10,13H,11-12H2,1-2H3,(H,23,24,28)/b18-10+/t13-/m0/s1. The van der Waals surface area contributed by atoms with Gasteiger partial charge in [-0.2, -0.15) is 0 Å². The number of hydrogen-bond acceptors (Lipinski definition) is 6. The second-order valence-corrected chi connectivity index (χ2v) is 8.55. The number of rotatable bonds is 8. The van der Waals surface area contributed by atoms with Gasteiger partial charge in [-0.3, -0.25) is 4.79 Å². The number of hydrogen-bond donors (Lipinski definition) is 1. The first-order valence-corrected chi connectivity index (χ1v) is 10.5. The molecule has 1 saturated heterocycles. The summed E-state index contributed by atoms with van der Waals surface area (Å²) < 4.78 is 17.5. The van der Waals surface area contributed by atoms with Crippen LogP contribution in [-0.2, 0) is 4.79 Å². The fourth-order valence-corrected chi connectivity index (χ4v) is 3.88. The van der Waals surface area contributed by atoms with E-state index in [0.717, 1.165) is 11.3 Å². The predicted octanol–water partition coefficient (Wildman–Crippen LogP) is 4.93. The van der Waals surface area contributed by atoms with Gasteiger partial charge in [-0.25, -0.2) is 0 Å². The van der Waals surface area contributed by atoms with Crippen LogP contribution in [0.25, 0.3) is 6.08 Å². The Kier molecular flexibility index (Phi) is 7.41. The zero-order valence-corrected chi connectivity index (χ0v) is 18.3. The summed E-state index contributed by atoms with van der Waals surface area (Å²) in [6.07, 6.45) is 1.72. The van der Waals surface area contributed by atoms with Gasteiger partial charge in [-0.15, -0.1) is 0 Å². The van der Waals surface area contributed by atoms with Crippen LogP contribution in [0.2, 0.25) is 5.02 Å². The first-order chi connectivity index (χ1) is 14.0. The van der Waals surface area contributed by atoms with Gasteiger partial charge in [0.1, 0.15) is 10.1 Å². The van der Waals surface area contributed by atoms with Crippen LogP contribution < -0.4 is 19.5 Å². The molecule has 0 bridgehead atoms. The van der Waals surface area contributed by atoms with E-state index in [1.165, 1.54) is 11.8 Å². The minimum Gasteiger partial charge on any atom is -0.493 e. The second kappa shape index (κ2) is 10.0. The molecule has 0 aliphatic carbocycles. The van der Waals surface area contributed by atoms with Gasteiger partial charge in [-0.1, -0.05) is 60.7 Å². The summed E-state index contributed by atoms with van der Waals surface area (Å²) in [5, 5.41) is 2.99. The average molecular weight is 450 g/mol. The van der Waals surface area contributed by atoms with Crippen LogP contribution in [0.1, 0.15) is 12.5 Å². The zero-order valence-electron chi connectivity index (χ0n) is 15.9. The summed E-state index contributed by atoms with van der Waals surface area (Å²) in [5.41, 5.74) is 0.724. The number of thiocarbonyl (C=S) groups is 1. The van der Waals surface area contributed by atoms with E-state index >= 15 is 0 Å². The number of para-hydroxylation sites is 1. The lowest BCUT2D eigenvalue weighted by molar-refractivity contribution is -0.115. The molecule has 1 N–H and O–H groups in total. The Morgan fingerprint density at radius 1 is 1.21 bits per heavy atom. The summed E-state index contributed by atoms with van der Waals surface area (Å²) in [6.45, 7) is 2.96. The van der Waals surface area contributed by atoms with E-state index in [0.29, 0.717) is 39.0 Å². The largest absolute Gasteiger partial charge is 0.493 e. The molecule has 1 atom stereocenters. The lowest BCUT2D eigenvalue weighted by atomic mass is 10.1. The minimum atomic E-state index is -0.220. The maximum Gasteiger partial charge on any atom is 0.263 e. The molecular formula is C21H20ClNO4S2. The van der Waals surface area contributed by atoms with Gasteiger partial charge in [0, 0.05) is 5.92 Å². The molecule has 0 aromatic heterocycles. The van der Waals surface area contributed by atoms with E-state index in [2.05, 4.69) is 5.32 Å². The monoisotopic (exact) mass is 449 g/mol. The molecule has 1 aliphatic rings. The lowest BCUT2D eigenvalue weighted by Gasteiger charge is -2.17. The van der Waals surface area contributed by atoms with E-state index in [1.807, 2.05) is 37.3 Å².